The van der Waals surface area contributed by atoms with Gasteiger partial charge in [0.15, 0.2) is 9.84 Å². The van der Waals surface area contributed by atoms with Crippen molar-refractivity contribution in [3.8, 4) is 0 Å². The van der Waals surface area contributed by atoms with E-state index in [9.17, 15) is 18.0 Å². The molecule has 2 N–H and O–H groups in total. The second-order valence-corrected chi connectivity index (χ2v) is 8.95. The Morgan fingerprint density at radius 1 is 1.08 bits per heavy atom. The highest BCUT2D eigenvalue weighted by Crippen LogP contribution is 2.31. The normalized spacial score (nSPS) is 17.8. The van der Waals surface area contributed by atoms with Gasteiger partial charge in [0.2, 0.25) is 5.91 Å². The minimum atomic E-state index is -3.30. The summed E-state index contributed by atoms with van der Waals surface area (Å²) >= 11 is 3.29. The van der Waals surface area contributed by atoms with Gasteiger partial charge in [-0.25, -0.2) is 8.42 Å². The van der Waals surface area contributed by atoms with E-state index in [0.29, 0.717) is 17.5 Å². The predicted octanol–water partition coefficient (Wildman–Crippen LogP) is 2.21. The lowest BCUT2D eigenvalue weighted by Crippen LogP contribution is -2.40. The fourth-order valence-electron chi connectivity index (χ4n) is 2.85. The maximum Gasteiger partial charge on any atom is 0.251 e. The maximum atomic E-state index is 12.2. The molecule has 0 saturated heterocycles. The van der Waals surface area contributed by atoms with Gasteiger partial charge in [0.25, 0.3) is 5.91 Å². The number of sulfone groups is 1. The van der Waals surface area contributed by atoms with Crippen molar-refractivity contribution in [1.82, 2.24) is 10.6 Å². The van der Waals surface area contributed by atoms with Crippen molar-refractivity contribution >= 4 is 37.6 Å². The molecule has 0 bridgehead atoms. The van der Waals surface area contributed by atoms with E-state index in [2.05, 4.69) is 26.6 Å². The molecule has 0 radical (unpaired) electrons. The molecule has 2 amide bonds. The highest BCUT2D eigenvalue weighted by Gasteiger charge is 2.30. The molecule has 3 rings (SSSR count). The van der Waals surface area contributed by atoms with E-state index >= 15 is 0 Å². The van der Waals surface area contributed by atoms with Crippen LogP contribution in [0, 0.1) is 0 Å². The number of carbonyl (C=O) groups is 2. The molecular weight excluding hydrogens is 420 g/mol. The number of nitrogens with one attached hydrogen (secondary N) is 2. The van der Waals surface area contributed by atoms with E-state index in [1.54, 1.807) is 48.5 Å². The first-order valence-corrected chi connectivity index (χ1v) is 10.5. The van der Waals surface area contributed by atoms with Gasteiger partial charge in [-0.15, -0.1) is 0 Å². The number of amides is 2. The summed E-state index contributed by atoms with van der Waals surface area (Å²) in [6.45, 7) is -0.180. The van der Waals surface area contributed by atoms with Crippen LogP contribution in [0.25, 0.3) is 0 Å². The van der Waals surface area contributed by atoms with Crippen molar-refractivity contribution in [2.75, 3.05) is 12.3 Å². The van der Waals surface area contributed by atoms with Crippen LogP contribution in [0.5, 0.6) is 0 Å². The number of rotatable bonds is 4. The summed E-state index contributed by atoms with van der Waals surface area (Å²) in [4.78, 5) is 24.5. The summed E-state index contributed by atoms with van der Waals surface area (Å²) in [6, 6.07) is 13.1. The molecule has 2 aromatic carbocycles. The lowest BCUT2D eigenvalue weighted by Gasteiger charge is -2.26. The van der Waals surface area contributed by atoms with E-state index < -0.39 is 9.84 Å². The third-order valence-corrected chi connectivity index (χ3v) is 6.50. The van der Waals surface area contributed by atoms with Crippen molar-refractivity contribution < 1.29 is 18.0 Å². The van der Waals surface area contributed by atoms with Crippen LogP contribution in [-0.2, 0) is 14.6 Å². The largest absolute Gasteiger partial charge is 0.348 e. The molecule has 0 fully saturated rings. The van der Waals surface area contributed by atoms with Crippen LogP contribution in [-0.4, -0.2) is 32.5 Å². The standard InChI is InChI=1S/C18H17BrN2O4S/c19-13-7-5-12(6-8-13)18(23)20-11-17(22)21-15-9-10-26(24,25)16-4-2-1-3-14(15)16/h1-8,15H,9-11H2,(H,20,23)(H,21,22). The van der Waals surface area contributed by atoms with Crippen molar-refractivity contribution in [2.45, 2.75) is 17.4 Å². The molecular formula is C18H17BrN2O4S. The quantitative estimate of drug-likeness (QED) is 0.768. The van der Waals surface area contributed by atoms with Gasteiger partial charge < -0.3 is 10.6 Å². The molecule has 26 heavy (non-hydrogen) atoms. The summed E-state index contributed by atoms with van der Waals surface area (Å²) < 4.78 is 25.1. The number of benzene rings is 2. The predicted molar refractivity (Wildman–Crippen MR) is 100 cm³/mol. The van der Waals surface area contributed by atoms with Crippen LogP contribution < -0.4 is 10.6 Å². The highest BCUT2D eigenvalue weighted by atomic mass is 79.9. The zero-order valence-electron chi connectivity index (χ0n) is 13.7. The van der Waals surface area contributed by atoms with E-state index in [0.717, 1.165) is 4.47 Å². The molecule has 8 heteroatoms. The third-order valence-electron chi connectivity index (χ3n) is 4.16. The highest BCUT2D eigenvalue weighted by molar-refractivity contribution is 9.10. The monoisotopic (exact) mass is 436 g/mol. The Morgan fingerprint density at radius 3 is 2.50 bits per heavy atom. The molecule has 0 saturated carbocycles. The van der Waals surface area contributed by atoms with Crippen LogP contribution >= 0.6 is 15.9 Å². The topological polar surface area (TPSA) is 92.3 Å². The average Bonchev–Trinajstić information content (AvgIpc) is 2.63. The Morgan fingerprint density at radius 2 is 1.77 bits per heavy atom. The zero-order chi connectivity index (χ0) is 18.7. The first-order valence-electron chi connectivity index (χ1n) is 8.01. The first-order chi connectivity index (χ1) is 12.4. The summed E-state index contributed by atoms with van der Waals surface area (Å²) in [5, 5.41) is 5.37. The van der Waals surface area contributed by atoms with Crippen molar-refractivity contribution in [3.05, 3.63) is 64.1 Å². The van der Waals surface area contributed by atoms with Gasteiger partial charge in [0, 0.05) is 10.0 Å². The Bertz CT molecular complexity index is 942. The number of hydrogen-bond donors (Lipinski definition) is 2. The van der Waals surface area contributed by atoms with Gasteiger partial charge in [-0.3, -0.25) is 9.59 Å². The molecule has 136 valence electrons. The van der Waals surface area contributed by atoms with Gasteiger partial charge in [0.1, 0.15) is 0 Å². The molecule has 1 aliphatic rings. The minimum absolute atomic E-state index is 0.0137. The van der Waals surface area contributed by atoms with Crippen molar-refractivity contribution in [3.63, 3.8) is 0 Å². The lowest BCUT2D eigenvalue weighted by molar-refractivity contribution is -0.120. The van der Waals surface area contributed by atoms with E-state index in [-0.39, 0.29) is 35.0 Å². The molecule has 1 aliphatic heterocycles. The molecule has 6 nitrogen and oxygen atoms in total. The Labute approximate surface area is 160 Å². The SMILES string of the molecule is O=C(CNC(=O)c1ccc(Br)cc1)NC1CCS(=O)(=O)c2ccccc21. The van der Waals surface area contributed by atoms with Gasteiger partial charge in [-0.2, -0.15) is 0 Å². The van der Waals surface area contributed by atoms with Crippen LogP contribution in [0.3, 0.4) is 0 Å². The second kappa shape index (κ2) is 7.59. The van der Waals surface area contributed by atoms with Crippen LogP contribution in [0.4, 0.5) is 0 Å². The molecule has 2 aromatic rings. The minimum Gasteiger partial charge on any atom is -0.348 e. The van der Waals surface area contributed by atoms with Crippen LogP contribution in [0.2, 0.25) is 0 Å². The maximum absolute atomic E-state index is 12.2. The Kier molecular flexibility index (Phi) is 5.43. The van der Waals surface area contributed by atoms with Crippen molar-refractivity contribution in [1.29, 1.82) is 0 Å². The van der Waals surface area contributed by atoms with Crippen molar-refractivity contribution in [2.24, 2.45) is 0 Å². The second-order valence-electron chi connectivity index (χ2n) is 5.96. The number of hydrogen-bond acceptors (Lipinski definition) is 4. The van der Waals surface area contributed by atoms with E-state index in [1.807, 2.05) is 0 Å². The summed E-state index contributed by atoms with van der Waals surface area (Å²) in [5.74, 6) is -0.728. The molecule has 1 unspecified atom stereocenters. The van der Waals surface area contributed by atoms with Crippen LogP contribution in [0.1, 0.15) is 28.4 Å². The van der Waals surface area contributed by atoms with E-state index in [4.69, 9.17) is 0 Å². The van der Waals surface area contributed by atoms with Gasteiger partial charge in [0.05, 0.1) is 23.2 Å². The lowest BCUT2D eigenvalue weighted by atomic mass is 10.0. The number of fused-ring (bicyclic) bond motifs is 1. The zero-order valence-corrected chi connectivity index (χ0v) is 16.1. The molecule has 1 heterocycles. The number of carbonyl (C=O) groups excluding carboxylic acids is 2. The van der Waals surface area contributed by atoms with Gasteiger partial charge in [-0.05, 0) is 42.3 Å². The summed E-state index contributed by atoms with van der Waals surface area (Å²) in [5.41, 5.74) is 1.04. The molecule has 0 aromatic heterocycles. The first kappa shape index (κ1) is 18.6. The van der Waals surface area contributed by atoms with Gasteiger partial charge in [-0.1, -0.05) is 34.1 Å². The fourth-order valence-corrected chi connectivity index (χ4v) is 4.73. The molecule has 1 atom stereocenters. The Balaban J connectivity index is 1.62. The Hall–Kier alpha value is -2.19. The summed E-state index contributed by atoms with van der Waals surface area (Å²) in [7, 11) is -3.30. The van der Waals surface area contributed by atoms with E-state index in [1.165, 1.54) is 0 Å². The fraction of sp³-hybridized carbons (Fsp3) is 0.222. The number of halogens is 1. The smallest absolute Gasteiger partial charge is 0.251 e. The summed E-state index contributed by atoms with van der Waals surface area (Å²) in [6.07, 6.45) is 0.311. The molecule has 0 spiro atoms. The van der Waals surface area contributed by atoms with Gasteiger partial charge >= 0.3 is 0 Å². The average molecular weight is 437 g/mol. The third kappa shape index (κ3) is 4.13. The van der Waals surface area contributed by atoms with Crippen LogP contribution in [0.15, 0.2) is 57.9 Å². The molecule has 0 aliphatic carbocycles.